The van der Waals surface area contributed by atoms with Crippen molar-refractivity contribution in [3.8, 4) is 0 Å². The number of benzene rings is 6. The van der Waals surface area contributed by atoms with Crippen LogP contribution in [0.25, 0.3) is 32.3 Å². The van der Waals surface area contributed by atoms with Crippen molar-refractivity contribution in [2.75, 3.05) is 19.7 Å². The van der Waals surface area contributed by atoms with Crippen LogP contribution in [0.2, 0.25) is 0 Å². The standard InChI is InChI=1S/C36H26B2N4/c1-2-10-32-29(9-1)39-23-7-5-21-37-41(32)30-19-15-25-14-18-28-31(20-16-26-13-17-27(30)35(25)36(26)28)42-34-12-4-3-11-33(34)40-24-8-6-22-38(40)42/h1-24,37,39H/b21-5-,23-7-. The van der Waals surface area contributed by atoms with E-state index in [1.807, 2.05) is 6.20 Å². The van der Waals surface area contributed by atoms with E-state index in [0.29, 0.717) is 0 Å². The Morgan fingerprint density at radius 3 is 2.10 bits per heavy atom. The summed E-state index contributed by atoms with van der Waals surface area (Å²) < 4.78 is 0. The second-order valence-corrected chi connectivity index (χ2v) is 11.1. The molecule has 0 spiro atoms. The molecule has 9 rings (SSSR count). The zero-order valence-electron chi connectivity index (χ0n) is 23.0. The van der Waals surface area contributed by atoms with Gasteiger partial charge in [0, 0.05) is 28.3 Å². The first kappa shape index (κ1) is 23.4. The van der Waals surface area contributed by atoms with Crippen molar-refractivity contribution in [3.05, 3.63) is 146 Å². The van der Waals surface area contributed by atoms with Gasteiger partial charge >= 0.3 is 6.98 Å². The largest absolute Gasteiger partial charge is 0.412 e. The minimum absolute atomic E-state index is 0.107. The maximum atomic E-state index is 3.48. The highest BCUT2D eigenvalue weighted by atomic mass is 15.3. The van der Waals surface area contributed by atoms with Crippen molar-refractivity contribution in [1.82, 2.24) is 0 Å². The Morgan fingerprint density at radius 2 is 1.26 bits per heavy atom. The van der Waals surface area contributed by atoms with E-state index in [0.717, 1.165) is 18.8 Å². The van der Waals surface area contributed by atoms with Gasteiger partial charge in [-0.1, -0.05) is 84.8 Å². The van der Waals surface area contributed by atoms with Crippen molar-refractivity contribution < 1.29 is 0 Å². The van der Waals surface area contributed by atoms with Crippen LogP contribution in [0.3, 0.4) is 0 Å². The number of rotatable bonds is 2. The minimum atomic E-state index is 0.107. The average Bonchev–Trinajstić information content (AvgIpc) is 3.42. The Balaban J connectivity index is 1.29. The maximum Gasteiger partial charge on any atom is 0.412 e. The molecule has 3 heterocycles. The van der Waals surface area contributed by atoms with Gasteiger partial charge in [0.1, 0.15) is 0 Å². The molecule has 4 nitrogen and oxygen atoms in total. The summed E-state index contributed by atoms with van der Waals surface area (Å²) in [7, 11) is 0.778. The normalized spacial score (nSPS) is 17.0. The van der Waals surface area contributed by atoms with Crippen LogP contribution in [0, 0.1) is 0 Å². The van der Waals surface area contributed by atoms with E-state index >= 15 is 0 Å². The third kappa shape index (κ3) is 3.32. The highest BCUT2D eigenvalue weighted by molar-refractivity contribution is 6.77. The molecule has 0 bridgehead atoms. The summed E-state index contributed by atoms with van der Waals surface area (Å²) in [5.41, 5.74) is 7.16. The van der Waals surface area contributed by atoms with Gasteiger partial charge in [-0.2, -0.15) is 0 Å². The lowest BCUT2D eigenvalue weighted by Gasteiger charge is -2.29. The Morgan fingerprint density at radius 1 is 0.571 bits per heavy atom. The van der Waals surface area contributed by atoms with Crippen molar-refractivity contribution in [3.63, 3.8) is 0 Å². The van der Waals surface area contributed by atoms with Crippen LogP contribution in [-0.2, 0) is 0 Å². The van der Waals surface area contributed by atoms with E-state index in [9.17, 15) is 0 Å². The van der Waals surface area contributed by atoms with Gasteiger partial charge in [-0.3, -0.25) is 0 Å². The number of anilines is 6. The Kier molecular flexibility index (Phi) is 5.05. The van der Waals surface area contributed by atoms with Crippen molar-refractivity contribution >= 4 is 80.8 Å². The number of nitrogens with one attached hydrogen (secondary N) is 1. The number of hydrogen-bond donors (Lipinski definition) is 1. The molecular weight excluding hydrogens is 510 g/mol. The second-order valence-electron chi connectivity index (χ2n) is 11.1. The first-order valence-corrected chi connectivity index (χ1v) is 14.5. The van der Waals surface area contributed by atoms with E-state index in [1.54, 1.807) is 0 Å². The van der Waals surface area contributed by atoms with Crippen LogP contribution >= 0.6 is 0 Å². The molecule has 0 fully saturated rings. The molecule has 196 valence electrons. The molecular formula is C36H26B2N4. The smallest absolute Gasteiger partial charge is 0.383 e. The van der Waals surface area contributed by atoms with Gasteiger partial charge in [0.05, 0.1) is 22.7 Å². The Bertz CT molecular complexity index is 2150. The summed E-state index contributed by atoms with van der Waals surface area (Å²) in [6, 6.07) is 35.7. The molecule has 0 radical (unpaired) electrons. The predicted molar refractivity (Wildman–Crippen MR) is 183 cm³/mol. The van der Waals surface area contributed by atoms with E-state index in [-0.39, 0.29) is 6.98 Å². The molecule has 0 atom stereocenters. The van der Waals surface area contributed by atoms with Crippen LogP contribution < -0.4 is 19.7 Å². The second kappa shape index (κ2) is 9.08. The fourth-order valence-corrected chi connectivity index (χ4v) is 7.03. The molecule has 0 saturated heterocycles. The minimum Gasteiger partial charge on any atom is -0.383 e. The van der Waals surface area contributed by atoms with Crippen molar-refractivity contribution in [2.24, 2.45) is 0 Å². The number of para-hydroxylation sites is 4. The molecule has 3 aliphatic rings. The number of nitrogens with zero attached hydrogens (tertiary/aromatic N) is 3. The number of allylic oxidation sites excluding steroid dienone is 4. The first-order chi connectivity index (χ1) is 20.9. The predicted octanol–water partition coefficient (Wildman–Crippen LogP) is 8.60. The van der Waals surface area contributed by atoms with Gasteiger partial charge in [0.15, 0.2) is 0 Å². The van der Waals surface area contributed by atoms with Crippen LogP contribution in [0.4, 0.5) is 34.1 Å². The molecule has 1 N–H and O–H groups in total. The van der Waals surface area contributed by atoms with E-state index in [2.05, 4.69) is 159 Å². The highest BCUT2D eigenvalue weighted by Crippen LogP contribution is 2.49. The third-order valence-corrected chi connectivity index (χ3v) is 8.84. The van der Waals surface area contributed by atoms with Gasteiger partial charge in [-0.05, 0) is 76.3 Å². The molecule has 42 heavy (non-hydrogen) atoms. The van der Waals surface area contributed by atoms with Crippen LogP contribution in [0.1, 0.15) is 0 Å². The lowest BCUT2D eigenvalue weighted by atomic mass is 9.71. The molecule has 0 aliphatic carbocycles. The maximum absolute atomic E-state index is 3.48. The van der Waals surface area contributed by atoms with E-state index in [4.69, 9.17) is 0 Å². The molecule has 6 heteroatoms. The summed E-state index contributed by atoms with van der Waals surface area (Å²) in [5, 5.41) is 11.2. The zero-order chi connectivity index (χ0) is 27.6. The summed E-state index contributed by atoms with van der Waals surface area (Å²) in [5.74, 6) is 4.51. The zero-order valence-corrected chi connectivity index (χ0v) is 23.0. The van der Waals surface area contributed by atoms with Gasteiger partial charge in [-0.15, -0.1) is 0 Å². The van der Waals surface area contributed by atoms with Crippen LogP contribution in [0.15, 0.2) is 146 Å². The van der Waals surface area contributed by atoms with Gasteiger partial charge in [-0.25, -0.2) is 0 Å². The summed E-state index contributed by atoms with van der Waals surface area (Å²) >= 11 is 0. The fraction of sp³-hybridized carbons (Fsp3) is 0. The topological polar surface area (TPSA) is 21.8 Å². The van der Waals surface area contributed by atoms with Gasteiger partial charge in [0.2, 0.25) is 0 Å². The Labute approximate surface area is 245 Å². The van der Waals surface area contributed by atoms with Crippen molar-refractivity contribution in [1.29, 1.82) is 0 Å². The molecule has 6 aromatic rings. The molecule has 0 amide bonds. The first-order valence-electron chi connectivity index (χ1n) is 14.5. The van der Waals surface area contributed by atoms with Crippen molar-refractivity contribution in [2.45, 2.75) is 0 Å². The lowest BCUT2D eigenvalue weighted by Crippen LogP contribution is -2.42. The van der Waals surface area contributed by atoms with Crippen LogP contribution in [-0.4, -0.2) is 14.4 Å². The summed E-state index contributed by atoms with van der Waals surface area (Å²) in [6.07, 6.45) is 12.6. The summed E-state index contributed by atoms with van der Waals surface area (Å²) in [6.45, 7) is 0.107. The summed E-state index contributed by atoms with van der Waals surface area (Å²) in [4.78, 5) is 7.28. The Hall–Kier alpha value is -5.35. The molecule has 0 aromatic heterocycles. The van der Waals surface area contributed by atoms with Gasteiger partial charge < -0.3 is 19.7 Å². The van der Waals surface area contributed by atoms with Crippen LogP contribution in [0.5, 0.6) is 0 Å². The fourth-order valence-electron chi connectivity index (χ4n) is 7.03. The third-order valence-electron chi connectivity index (χ3n) is 8.84. The highest BCUT2D eigenvalue weighted by Gasteiger charge is 2.40. The molecule has 0 saturated carbocycles. The number of hydrogen-bond acceptors (Lipinski definition) is 4. The lowest BCUT2D eigenvalue weighted by molar-refractivity contribution is 1.40. The van der Waals surface area contributed by atoms with E-state index < -0.39 is 0 Å². The molecule has 6 aromatic carbocycles. The molecule has 3 aliphatic heterocycles. The SMILES string of the molecule is B1/C=C\C=C/Nc2ccccc2N1c1ccc2ccc3c(N4B5C=CC=CN5c5ccccc54)ccc4ccc1c2c43. The number of fused-ring (bicyclic) bond motifs is 4. The average molecular weight is 536 g/mol. The monoisotopic (exact) mass is 536 g/mol. The quantitative estimate of drug-likeness (QED) is 0.177. The van der Waals surface area contributed by atoms with E-state index in [1.165, 1.54) is 55.1 Å². The molecule has 0 unspecified atom stereocenters. The van der Waals surface area contributed by atoms with Gasteiger partial charge in [0.25, 0.3) is 7.41 Å².